The van der Waals surface area contributed by atoms with Crippen LogP contribution in [0, 0.1) is 0 Å². The van der Waals surface area contributed by atoms with Gasteiger partial charge in [0.2, 0.25) is 0 Å². The van der Waals surface area contributed by atoms with Crippen molar-refractivity contribution in [2.45, 2.75) is 24.5 Å². The Labute approximate surface area is 140 Å². The molecule has 4 aliphatic heterocycles. The summed E-state index contributed by atoms with van der Waals surface area (Å²) < 4.78 is 10.6. The number of epoxide rings is 1. The van der Waals surface area contributed by atoms with Crippen molar-refractivity contribution in [3.8, 4) is 0 Å². The van der Waals surface area contributed by atoms with Crippen molar-refractivity contribution in [3.05, 3.63) is 25.3 Å². The van der Waals surface area contributed by atoms with E-state index < -0.39 is 0 Å². The van der Waals surface area contributed by atoms with Crippen LogP contribution < -0.4 is 0 Å². The zero-order valence-corrected chi connectivity index (χ0v) is 13.5. The maximum Gasteiger partial charge on any atom is 0.324 e. The Morgan fingerprint density at radius 2 is 1.58 bits per heavy atom. The zero-order valence-electron chi connectivity index (χ0n) is 13.5. The molecule has 0 radical (unpaired) electrons. The van der Waals surface area contributed by atoms with Crippen molar-refractivity contribution in [1.82, 2.24) is 19.6 Å². The summed E-state index contributed by atoms with van der Waals surface area (Å²) in [6.07, 6.45) is 2.81. The lowest BCUT2D eigenvalue weighted by atomic mass is 10.2. The SMILES string of the molecule is C=CCN1C(=O)N(CC=C)C2C1N(CC1CO1)C(=O)N2C1COC1. The van der Waals surface area contributed by atoms with Gasteiger partial charge in [-0.05, 0) is 0 Å². The van der Waals surface area contributed by atoms with Crippen LogP contribution in [-0.2, 0) is 9.47 Å². The molecule has 0 bridgehead atoms. The van der Waals surface area contributed by atoms with Crippen molar-refractivity contribution in [2.75, 3.05) is 39.5 Å². The van der Waals surface area contributed by atoms with Gasteiger partial charge in [0, 0.05) is 13.1 Å². The number of hydrogen-bond donors (Lipinski definition) is 0. The molecule has 4 saturated heterocycles. The van der Waals surface area contributed by atoms with Crippen LogP contribution in [0.1, 0.15) is 0 Å². The number of rotatable bonds is 7. The van der Waals surface area contributed by atoms with Crippen LogP contribution >= 0.6 is 0 Å². The van der Waals surface area contributed by atoms with Gasteiger partial charge >= 0.3 is 12.1 Å². The minimum Gasteiger partial charge on any atom is -0.377 e. The highest BCUT2D eigenvalue weighted by Crippen LogP contribution is 2.38. The number of hydrogen-bond acceptors (Lipinski definition) is 4. The highest BCUT2D eigenvalue weighted by molar-refractivity contribution is 5.85. The van der Waals surface area contributed by atoms with Crippen LogP contribution in [0.2, 0.25) is 0 Å². The van der Waals surface area contributed by atoms with Gasteiger partial charge in [-0.1, -0.05) is 12.2 Å². The van der Waals surface area contributed by atoms with Crippen LogP contribution in [0.5, 0.6) is 0 Å². The minimum atomic E-state index is -0.326. The van der Waals surface area contributed by atoms with E-state index in [4.69, 9.17) is 9.47 Å². The number of carbonyl (C=O) groups excluding carboxylic acids is 2. The third-order valence-electron chi connectivity index (χ3n) is 4.94. The summed E-state index contributed by atoms with van der Waals surface area (Å²) in [7, 11) is 0. The Morgan fingerprint density at radius 1 is 0.958 bits per heavy atom. The molecule has 3 unspecified atom stereocenters. The molecule has 8 nitrogen and oxygen atoms in total. The first-order chi connectivity index (χ1) is 11.7. The van der Waals surface area contributed by atoms with E-state index in [0.717, 1.165) is 0 Å². The summed E-state index contributed by atoms with van der Waals surface area (Å²) in [5.74, 6) is 0. The van der Waals surface area contributed by atoms with Crippen molar-refractivity contribution >= 4 is 12.1 Å². The van der Waals surface area contributed by atoms with Gasteiger partial charge in [0.1, 0.15) is 6.17 Å². The van der Waals surface area contributed by atoms with Crippen LogP contribution in [0.3, 0.4) is 0 Å². The predicted octanol–water partition coefficient (Wildman–Crippen LogP) is 0.283. The highest BCUT2D eigenvalue weighted by Gasteiger charge is 2.61. The van der Waals surface area contributed by atoms with Crippen molar-refractivity contribution in [3.63, 3.8) is 0 Å². The van der Waals surface area contributed by atoms with E-state index in [1.165, 1.54) is 0 Å². The van der Waals surface area contributed by atoms with Gasteiger partial charge in [-0.2, -0.15) is 0 Å². The van der Waals surface area contributed by atoms with Gasteiger partial charge in [-0.25, -0.2) is 9.59 Å². The molecule has 0 N–H and O–H groups in total. The quantitative estimate of drug-likeness (QED) is 0.495. The van der Waals surface area contributed by atoms with E-state index in [-0.39, 0.29) is 36.5 Å². The molecule has 0 aromatic rings. The fourth-order valence-corrected chi connectivity index (χ4v) is 3.70. The van der Waals surface area contributed by atoms with Crippen molar-refractivity contribution in [1.29, 1.82) is 0 Å². The van der Waals surface area contributed by atoms with Gasteiger partial charge in [-0.15, -0.1) is 13.2 Å². The summed E-state index contributed by atoms with van der Waals surface area (Å²) in [6, 6.07) is -0.132. The Bertz CT molecular complexity index is 574. The van der Waals surface area contributed by atoms with E-state index in [2.05, 4.69) is 13.2 Å². The smallest absolute Gasteiger partial charge is 0.324 e. The molecule has 3 atom stereocenters. The second-order valence-corrected chi connectivity index (χ2v) is 6.48. The molecule has 0 spiro atoms. The monoisotopic (exact) mass is 334 g/mol. The maximum absolute atomic E-state index is 13.0. The summed E-state index contributed by atoms with van der Waals surface area (Å²) in [6.45, 7) is 10.5. The number of ether oxygens (including phenoxy) is 2. The largest absolute Gasteiger partial charge is 0.377 e. The average molecular weight is 334 g/mol. The summed E-state index contributed by atoms with van der Waals surface area (Å²) >= 11 is 0. The normalized spacial score (nSPS) is 32.2. The highest BCUT2D eigenvalue weighted by atomic mass is 16.6. The van der Waals surface area contributed by atoms with Gasteiger partial charge < -0.3 is 9.47 Å². The number of amides is 4. The van der Waals surface area contributed by atoms with E-state index in [1.54, 1.807) is 31.8 Å². The molecule has 130 valence electrons. The number of nitrogens with zero attached hydrogens (tertiary/aromatic N) is 4. The molecule has 4 heterocycles. The Morgan fingerprint density at radius 3 is 2.08 bits per heavy atom. The average Bonchev–Trinajstić information content (AvgIpc) is 3.25. The fraction of sp³-hybridized carbons (Fsp3) is 0.625. The first-order valence-electron chi connectivity index (χ1n) is 8.24. The minimum absolute atomic E-state index is 0.0129. The van der Waals surface area contributed by atoms with Gasteiger partial charge in [-0.3, -0.25) is 19.6 Å². The van der Waals surface area contributed by atoms with E-state index in [9.17, 15) is 9.59 Å². The Kier molecular flexibility index (Phi) is 3.73. The number of urea groups is 2. The van der Waals surface area contributed by atoms with E-state index in [1.807, 2.05) is 0 Å². The third-order valence-corrected chi connectivity index (χ3v) is 4.94. The molecular weight excluding hydrogens is 312 g/mol. The maximum atomic E-state index is 13.0. The van der Waals surface area contributed by atoms with Gasteiger partial charge in [0.05, 0.1) is 38.5 Å². The van der Waals surface area contributed by atoms with Crippen molar-refractivity contribution in [2.24, 2.45) is 0 Å². The predicted molar refractivity (Wildman–Crippen MR) is 85.1 cm³/mol. The summed E-state index contributed by atoms with van der Waals surface area (Å²) in [5.41, 5.74) is 0. The fourth-order valence-electron chi connectivity index (χ4n) is 3.70. The second kappa shape index (κ2) is 5.78. The molecule has 0 aliphatic carbocycles. The van der Waals surface area contributed by atoms with E-state index >= 15 is 0 Å². The molecule has 0 aromatic carbocycles. The molecule has 4 amide bonds. The lowest BCUT2D eigenvalue weighted by Gasteiger charge is -2.39. The van der Waals surface area contributed by atoms with Gasteiger partial charge in [0.25, 0.3) is 0 Å². The van der Waals surface area contributed by atoms with Crippen LogP contribution in [0.4, 0.5) is 9.59 Å². The first-order valence-corrected chi connectivity index (χ1v) is 8.24. The molecule has 4 aliphatic rings. The molecule has 4 rings (SSSR count). The summed E-state index contributed by atoms with van der Waals surface area (Å²) in [5, 5.41) is 0. The molecule has 0 saturated carbocycles. The molecule has 8 heteroatoms. The van der Waals surface area contributed by atoms with Crippen molar-refractivity contribution < 1.29 is 19.1 Å². The van der Waals surface area contributed by atoms with Gasteiger partial charge in [0.15, 0.2) is 6.17 Å². The summed E-state index contributed by atoms with van der Waals surface area (Å²) in [4.78, 5) is 32.9. The standard InChI is InChI=1S/C16H22N4O4/c1-3-5-17-13-14(18(6-4-2)15(17)21)20(11-8-23-9-11)16(22)19(13)7-12-10-24-12/h3-4,11-14H,1-2,5-10H2. The Balaban J connectivity index is 1.70. The zero-order chi connectivity index (χ0) is 16.8. The van der Waals surface area contributed by atoms with Crippen LogP contribution in [0.25, 0.3) is 0 Å². The van der Waals surface area contributed by atoms with E-state index in [0.29, 0.717) is 39.5 Å². The molecular formula is C16H22N4O4. The number of carbonyl (C=O) groups is 2. The second-order valence-electron chi connectivity index (χ2n) is 6.48. The molecule has 0 aromatic heterocycles. The lowest BCUT2D eigenvalue weighted by molar-refractivity contribution is -0.0677. The van der Waals surface area contributed by atoms with Crippen LogP contribution in [0.15, 0.2) is 25.3 Å². The lowest BCUT2D eigenvalue weighted by Crippen LogP contribution is -2.57. The molecule has 4 fully saturated rings. The topological polar surface area (TPSA) is 68.9 Å². The molecule has 24 heavy (non-hydrogen) atoms. The third kappa shape index (κ3) is 2.21. The number of fused-ring (bicyclic) bond motifs is 1. The first kappa shape index (κ1) is 15.5. The van der Waals surface area contributed by atoms with Crippen LogP contribution in [-0.4, -0.2) is 95.6 Å². The Hall–Kier alpha value is -2.06.